The van der Waals surface area contributed by atoms with Gasteiger partial charge in [-0.05, 0) is 42.9 Å². The van der Waals surface area contributed by atoms with Gasteiger partial charge in [-0.3, -0.25) is 0 Å². The van der Waals surface area contributed by atoms with Crippen LogP contribution in [-0.2, 0) is 6.42 Å². The van der Waals surface area contributed by atoms with E-state index in [4.69, 9.17) is 11.6 Å². The van der Waals surface area contributed by atoms with Crippen LogP contribution in [0.5, 0.6) is 5.75 Å². The van der Waals surface area contributed by atoms with E-state index < -0.39 is 6.36 Å². The van der Waals surface area contributed by atoms with Gasteiger partial charge >= 0.3 is 6.36 Å². The summed E-state index contributed by atoms with van der Waals surface area (Å²) in [5.74, 6) is 0.243. The first-order chi connectivity index (χ1) is 8.94. The number of benzene rings is 1. The number of alkyl halides is 4. The molecular formula is C14H16ClF3O. The predicted octanol–water partition coefficient (Wildman–Crippen LogP) is 4.93. The van der Waals surface area contributed by atoms with Crippen LogP contribution in [0.4, 0.5) is 13.2 Å². The third-order valence-corrected chi connectivity index (χ3v) is 4.05. The van der Waals surface area contributed by atoms with Crippen molar-refractivity contribution in [1.82, 2.24) is 0 Å². The first-order valence-corrected chi connectivity index (χ1v) is 6.86. The van der Waals surface area contributed by atoms with Crippen molar-refractivity contribution < 1.29 is 17.9 Å². The fraction of sp³-hybridized carbons (Fsp3) is 0.571. The van der Waals surface area contributed by atoms with Crippen LogP contribution in [-0.4, -0.2) is 11.7 Å². The summed E-state index contributed by atoms with van der Waals surface area (Å²) in [5, 5.41) is 0.180. The van der Waals surface area contributed by atoms with Gasteiger partial charge < -0.3 is 4.74 Å². The van der Waals surface area contributed by atoms with Gasteiger partial charge in [0.25, 0.3) is 0 Å². The SMILES string of the molecule is FC(F)(F)Oc1ccc(CC2CCCCC2Cl)cc1. The van der Waals surface area contributed by atoms with E-state index in [1.807, 2.05) is 0 Å². The molecule has 0 heterocycles. The van der Waals surface area contributed by atoms with Gasteiger partial charge in [0.1, 0.15) is 5.75 Å². The first kappa shape index (κ1) is 14.5. The van der Waals surface area contributed by atoms with Gasteiger partial charge in [0, 0.05) is 5.38 Å². The molecule has 5 heteroatoms. The molecule has 0 saturated heterocycles. The third kappa shape index (κ3) is 4.60. The lowest BCUT2D eigenvalue weighted by Crippen LogP contribution is -2.21. The zero-order valence-electron chi connectivity index (χ0n) is 10.4. The standard InChI is InChI=1S/C14H16ClF3O/c15-13-4-2-1-3-11(13)9-10-5-7-12(8-6-10)19-14(16,17)18/h5-8,11,13H,1-4,9H2. The number of halogens is 4. The Bertz CT molecular complexity index is 402. The Balaban J connectivity index is 1.94. The number of hydrogen-bond acceptors (Lipinski definition) is 1. The Morgan fingerprint density at radius 3 is 2.32 bits per heavy atom. The molecule has 2 unspecified atom stereocenters. The largest absolute Gasteiger partial charge is 0.573 e. The highest BCUT2D eigenvalue weighted by Gasteiger charge is 2.31. The van der Waals surface area contributed by atoms with Crippen molar-refractivity contribution in [1.29, 1.82) is 0 Å². The number of rotatable bonds is 3. The highest BCUT2D eigenvalue weighted by molar-refractivity contribution is 6.20. The van der Waals surface area contributed by atoms with Gasteiger partial charge in [0.15, 0.2) is 0 Å². The predicted molar refractivity (Wildman–Crippen MR) is 68.4 cm³/mol. The van der Waals surface area contributed by atoms with Crippen LogP contribution in [0.1, 0.15) is 31.2 Å². The average Bonchev–Trinajstić information content (AvgIpc) is 2.33. The minimum Gasteiger partial charge on any atom is -0.406 e. The maximum atomic E-state index is 12.0. The molecule has 1 aliphatic carbocycles. The molecule has 0 N–H and O–H groups in total. The summed E-state index contributed by atoms with van der Waals surface area (Å²) in [5.41, 5.74) is 1.01. The lowest BCUT2D eigenvalue weighted by molar-refractivity contribution is -0.274. The molecule has 2 rings (SSSR count). The van der Waals surface area contributed by atoms with Crippen LogP contribution >= 0.6 is 11.6 Å². The van der Waals surface area contributed by atoms with Crippen molar-refractivity contribution in [3.63, 3.8) is 0 Å². The lowest BCUT2D eigenvalue weighted by atomic mass is 9.84. The van der Waals surface area contributed by atoms with Crippen molar-refractivity contribution in [2.24, 2.45) is 5.92 Å². The van der Waals surface area contributed by atoms with Gasteiger partial charge in [-0.25, -0.2) is 0 Å². The minimum atomic E-state index is -4.63. The van der Waals surface area contributed by atoms with Crippen LogP contribution < -0.4 is 4.74 Å². The molecule has 106 valence electrons. The van der Waals surface area contributed by atoms with Crippen molar-refractivity contribution in [3.8, 4) is 5.75 Å². The molecule has 2 atom stereocenters. The smallest absolute Gasteiger partial charge is 0.406 e. The highest BCUT2D eigenvalue weighted by Crippen LogP contribution is 2.31. The zero-order chi connectivity index (χ0) is 13.9. The molecule has 0 aromatic heterocycles. The molecule has 0 spiro atoms. The van der Waals surface area contributed by atoms with E-state index in [9.17, 15) is 13.2 Å². The van der Waals surface area contributed by atoms with Crippen LogP contribution in [0.25, 0.3) is 0 Å². The molecule has 19 heavy (non-hydrogen) atoms. The zero-order valence-corrected chi connectivity index (χ0v) is 11.2. The highest BCUT2D eigenvalue weighted by atomic mass is 35.5. The van der Waals surface area contributed by atoms with E-state index >= 15 is 0 Å². The van der Waals surface area contributed by atoms with Gasteiger partial charge in [0.05, 0.1) is 0 Å². The monoisotopic (exact) mass is 292 g/mol. The van der Waals surface area contributed by atoms with Crippen molar-refractivity contribution in [2.75, 3.05) is 0 Å². The molecule has 0 bridgehead atoms. The van der Waals surface area contributed by atoms with Gasteiger partial charge in [-0.15, -0.1) is 24.8 Å². The number of ether oxygens (including phenoxy) is 1. The topological polar surface area (TPSA) is 9.23 Å². The summed E-state index contributed by atoms with van der Waals surface area (Å²) in [4.78, 5) is 0. The van der Waals surface area contributed by atoms with E-state index in [1.165, 1.54) is 25.0 Å². The Hall–Kier alpha value is -0.900. The molecule has 0 aliphatic heterocycles. The van der Waals surface area contributed by atoms with E-state index in [-0.39, 0.29) is 11.1 Å². The van der Waals surface area contributed by atoms with E-state index in [2.05, 4.69) is 4.74 Å². The molecule has 1 fully saturated rings. The fourth-order valence-corrected chi connectivity index (χ4v) is 2.89. The van der Waals surface area contributed by atoms with Gasteiger partial charge in [-0.2, -0.15) is 0 Å². The molecule has 0 radical (unpaired) electrons. The molecule has 1 aromatic rings. The van der Waals surface area contributed by atoms with E-state index in [1.54, 1.807) is 12.1 Å². The van der Waals surface area contributed by atoms with Gasteiger partial charge in [0.2, 0.25) is 0 Å². The van der Waals surface area contributed by atoms with E-state index in [0.717, 1.165) is 24.8 Å². The maximum absolute atomic E-state index is 12.0. The minimum absolute atomic E-state index is 0.178. The summed E-state index contributed by atoms with van der Waals surface area (Å²) in [7, 11) is 0. The Kier molecular flexibility index (Phi) is 4.61. The van der Waals surface area contributed by atoms with Crippen molar-refractivity contribution in [3.05, 3.63) is 29.8 Å². The molecule has 1 aliphatic rings. The van der Waals surface area contributed by atoms with Crippen molar-refractivity contribution >= 4 is 11.6 Å². The van der Waals surface area contributed by atoms with E-state index in [0.29, 0.717) is 5.92 Å². The molecule has 1 nitrogen and oxygen atoms in total. The number of hydrogen-bond donors (Lipinski definition) is 0. The normalized spacial score (nSPS) is 24.2. The summed E-state index contributed by atoms with van der Waals surface area (Å²) >= 11 is 6.28. The Labute approximate surface area is 115 Å². The maximum Gasteiger partial charge on any atom is 0.573 e. The fourth-order valence-electron chi connectivity index (χ4n) is 2.52. The average molecular weight is 293 g/mol. The summed E-state index contributed by atoms with van der Waals surface area (Å²) in [6.07, 6.45) is 0.662. The van der Waals surface area contributed by atoms with Crippen LogP contribution in [0.2, 0.25) is 0 Å². The Morgan fingerprint density at radius 1 is 1.11 bits per heavy atom. The second-order valence-corrected chi connectivity index (χ2v) is 5.52. The summed E-state index contributed by atoms with van der Waals surface area (Å²) < 4.78 is 39.9. The van der Waals surface area contributed by atoms with Crippen molar-refractivity contribution in [2.45, 2.75) is 43.8 Å². The second-order valence-electron chi connectivity index (χ2n) is 4.96. The lowest BCUT2D eigenvalue weighted by Gasteiger charge is -2.27. The summed E-state index contributed by atoms with van der Waals surface area (Å²) in [6, 6.07) is 6.07. The quantitative estimate of drug-likeness (QED) is 0.718. The molecular weight excluding hydrogens is 277 g/mol. The summed E-state index contributed by atoms with van der Waals surface area (Å²) in [6.45, 7) is 0. The Morgan fingerprint density at radius 2 is 1.74 bits per heavy atom. The van der Waals surface area contributed by atoms with Crippen LogP contribution in [0.3, 0.4) is 0 Å². The molecule has 1 saturated carbocycles. The third-order valence-electron chi connectivity index (χ3n) is 3.47. The first-order valence-electron chi connectivity index (χ1n) is 6.43. The van der Waals surface area contributed by atoms with Gasteiger partial charge in [-0.1, -0.05) is 25.0 Å². The second kappa shape index (κ2) is 6.04. The molecule has 1 aromatic carbocycles. The molecule has 0 amide bonds. The van der Waals surface area contributed by atoms with Crippen LogP contribution in [0.15, 0.2) is 24.3 Å². The van der Waals surface area contributed by atoms with Crippen LogP contribution in [0, 0.1) is 5.92 Å².